The molecule has 0 radical (unpaired) electrons. The SMILES string of the molecule is Cc1cc(-n2c(C)cc(C(=O)CN3C(=O)N[C@H](Cc4c[nH]c5ccccc45)C3=O)c2C)no1. The van der Waals surface area contributed by atoms with E-state index >= 15 is 0 Å². The van der Waals surface area contributed by atoms with E-state index in [1.165, 1.54) is 0 Å². The van der Waals surface area contributed by atoms with Gasteiger partial charge in [0.2, 0.25) is 0 Å². The number of carbonyl (C=O) groups is 3. The number of Topliss-reactive ketones (excluding diaryl/α,β-unsaturated/α-hetero) is 1. The summed E-state index contributed by atoms with van der Waals surface area (Å²) in [5, 5.41) is 7.74. The van der Waals surface area contributed by atoms with Crippen molar-refractivity contribution in [2.75, 3.05) is 6.54 Å². The molecular formula is C24H23N5O4. The van der Waals surface area contributed by atoms with Crippen LogP contribution in [-0.4, -0.2) is 49.9 Å². The van der Waals surface area contributed by atoms with Gasteiger partial charge in [-0.1, -0.05) is 23.4 Å². The molecule has 0 unspecified atom stereocenters. The lowest BCUT2D eigenvalue weighted by atomic mass is 10.0. The van der Waals surface area contributed by atoms with E-state index in [4.69, 9.17) is 4.52 Å². The molecule has 33 heavy (non-hydrogen) atoms. The van der Waals surface area contributed by atoms with Crippen LogP contribution in [0.2, 0.25) is 0 Å². The zero-order valence-electron chi connectivity index (χ0n) is 18.5. The molecule has 1 aliphatic rings. The highest BCUT2D eigenvalue weighted by atomic mass is 16.5. The zero-order valence-corrected chi connectivity index (χ0v) is 18.5. The topological polar surface area (TPSA) is 113 Å². The second kappa shape index (κ2) is 7.77. The Bertz CT molecular complexity index is 1410. The number of benzene rings is 1. The highest BCUT2D eigenvalue weighted by Gasteiger charge is 2.39. The van der Waals surface area contributed by atoms with E-state index in [1.807, 2.05) is 42.0 Å². The van der Waals surface area contributed by atoms with Crippen LogP contribution in [0.4, 0.5) is 4.79 Å². The molecule has 1 fully saturated rings. The molecule has 0 bridgehead atoms. The van der Waals surface area contributed by atoms with Crippen molar-refractivity contribution in [3.05, 3.63) is 70.9 Å². The summed E-state index contributed by atoms with van der Waals surface area (Å²) in [6, 6.07) is 10.0. The molecule has 4 heterocycles. The summed E-state index contributed by atoms with van der Waals surface area (Å²) in [6.07, 6.45) is 2.19. The largest absolute Gasteiger partial charge is 0.361 e. The fourth-order valence-electron chi connectivity index (χ4n) is 4.47. The molecule has 1 aliphatic heterocycles. The van der Waals surface area contributed by atoms with Gasteiger partial charge in [0.1, 0.15) is 11.8 Å². The van der Waals surface area contributed by atoms with E-state index in [-0.39, 0.29) is 12.3 Å². The van der Waals surface area contributed by atoms with Crippen LogP contribution < -0.4 is 5.32 Å². The molecular weight excluding hydrogens is 422 g/mol. The number of imide groups is 1. The van der Waals surface area contributed by atoms with Gasteiger partial charge >= 0.3 is 6.03 Å². The Hall–Kier alpha value is -4.14. The molecule has 0 spiro atoms. The van der Waals surface area contributed by atoms with Crippen molar-refractivity contribution in [3.63, 3.8) is 0 Å². The first-order valence-electron chi connectivity index (χ1n) is 10.7. The van der Waals surface area contributed by atoms with Crippen LogP contribution in [0.1, 0.15) is 33.1 Å². The Labute approximate surface area is 189 Å². The van der Waals surface area contributed by atoms with Crippen LogP contribution in [0.5, 0.6) is 0 Å². The monoisotopic (exact) mass is 445 g/mol. The van der Waals surface area contributed by atoms with E-state index in [2.05, 4.69) is 15.5 Å². The Kier molecular flexibility index (Phi) is 4.88. The van der Waals surface area contributed by atoms with Crippen LogP contribution >= 0.6 is 0 Å². The third-order valence-corrected chi connectivity index (χ3v) is 6.08. The maximum atomic E-state index is 13.1. The fourth-order valence-corrected chi connectivity index (χ4v) is 4.47. The number of hydrogen-bond donors (Lipinski definition) is 2. The number of fused-ring (bicyclic) bond motifs is 1. The number of aryl methyl sites for hydroxylation is 2. The van der Waals surface area contributed by atoms with Crippen LogP contribution in [0.25, 0.3) is 16.7 Å². The van der Waals surface area contributed by atoms with Crippen LogP contribution in [0.15, 0.2) is 47.1 Å². The Balaban J connectivity index is 1.34. The average molecular weight is 445 g/mol. The minimum atomic E-state index is -0.713. The number of H-pyrrole nitrogens is 1. The fraction of sp³-hybridized carbons (Fsp3) is 0.250. The number of urea groups is 1. The first-order valence-corrected chi connectivity index (χ1v) is 10.7. The number of nitrogens with one attached hydrogen (secondary N) is 2. The number of nitrogens with zero attached hydrogens (tertiary/aromatic N) is 3. The standard InChI is InChI=1S/C24H23N5O4/c1-13-8-18(15(3)29(13)22-9-14(2)33-27-22)21(30)12-28-23(31)20(26-24(28)32)10-16-11-25-19-7-5-4-6-17(16)19/h4-9,11,20,25H,10,12H2,1-3H3,(H,26,32)/t20-/m1/s1. The number of aromatic amines is 1. The van der Waals surface area contributed by atoms with Crippen molar-refractivity contribution in [2.24, 2.45) is 0 Å². The van der Waals surface area contributed by atoms with Crippen molar-refractivity contribution in [3.8, 4) is 5.82 Å². The average Bonchev–Trinajstić information content (AvgIpc) is 3.52. The number of hydrogen-bond acceptors (Lipinski definition) is 5. The molecule has 168 valence electrons. The van der Waals surface area contributed by atoms with E-state index in [1.54, 1.807) is 26.0 Å². The first-order chi connectivity index (χ1) is 15.8. The summed E-state index contributed by atoms with van der Waals surface area (Å²) >= 11 is 0. The molecule has 2 N–H and O–H groups in total. The van der Waals surface area contributed by atoms with Gasteiger partial charge in [-0.05, 0) is 38.5 Å². The summed E-state index contributed by atoms with van der Waals surface area (Å²) in [7, 11) is 0. The highest BCUT2D eigenvalue weighted by Crippen LogP contribution is 2.23. The highest BCUT2D eigenvalue weighted by molar-refractivity contribution is 6.09. The first kappa shape index (κ1) is 20.7. The minimum Gasteiger partial charge on any atom is -0.361 e. The molecule has 1 aromatic carbocycles. The zero-order chi connectivity index (χ0) is 23.3. The van der Waals surface area contributed by atoms with E-state index in [9.17, 15) is 14.4 Å². The number of para-hydroxylation sites is 1. The van der Waals surface area contributed by atoms with Gasteiger partial charge in [0.15, 0.2) is 11.6 Å². The van der Waals surface area contributed by atoms with Crippen molar-refractivity contribution in [1.82, 2.24) is 24.9 Å². The van der Waals surface area contributed by atoms with Crippen LogP contribution in [-0.2, 0) is 11.2 Å². The van der Waals surface area contributed by atoms with Crippen LogP contribution in [0, 0.1) is 20.8 Å². The smallest absolute Gasteiger partial charge is 0.325 e. The maximum absolute atomic E-state index is 13.1. The number of ketones is 1. The van der Waals surface area contributed by atoms with E-state index < -0.39 is 18.0 Å². The Morgan fingerprint density at radius 2 is 1.94 bits per heavy atom. The lowest BCUT2D eigenvalue weighted by Crippen LogP contribution is -2.36. The normalized spacial score (nSPS) is 16.1. The van der Waals surface area contributed by atoms with Crippen molar-refractivity contribution >= 4 is 28.6 Å². The predicted octanol–water partition coefficient (Wildman–Crippen LogP) is 3.22. The maximum Gasteiger partial charge on any atom is 0.325 e. The number of aromatic nitrogens is 3. The van der Waals surface area contributed by atoms with Crippen molar-refractivity contribution < 1.29 is 18.9 Å². The molecule has 5 rings (SSSR count). The number of amides is 3. The van der Waals surface area contributed by atoms with Crippen molar-refractivity contribution in [1.29, 1.82) is 0 Å². The minimum absolute atomic E-state index is 0.314. The third-order valence-electron chi connectivity index (χ3n) is 6.08. The molecule has 9 heteroatoms. The molecule has 1 atom stereocenters. The summed E-state index contributed by atoms with van der Waals surface area (Å²) in [6.45, 7) is 5.13. The van der Waals surface area contributed by atoms with Gasteiger partial charge in [0.05, 0.1) is 6.54 Å². The molecule has 3 amide bonds. The summed E-state index contributed by atoms with van der Waals surface area (Å²) in [5.74, 6) is 0.520. The van der Waals surface area contributed by atoms with Gasteiger partial charge in [-0.25, -0.2) is 4.79 Å². The third kappa shape index (κ3) is 3.51. The molecule has 0 aliphatic carbocycles. The molecule has 0 saturated carbocycles. The number of rotatable bonds is 6. The lowest BCUT2D eigenvalue weighted by molar-refractivity contribution is -0.127. The Morgan fingerprint density at radius 1 is 1.15 bits per heavy atom. The van der Waals surface area contributed by atoms with Gasteiger partial charge in [0.25, 0.3) is 5.91 Å². The van der Waals surface area contributed by atoms with Crippen molar-refractivity contribution in [2.45, 2.75) is 33.2 Å². The van der Waals surface area contributed by atoms with Gasteiger partial charge in [-0.15, -0.1) is 0 Å². The second-order valence-electron chi connectivity index (χ2n) is 8.33. The molecule has 9 nitrogen and oxygen atoms in total. The predicted molar refractivity (Wildman–Crippen MR) is 120 cm³/mol. The van der Waals surface area contributed by atoms with E-state index in [0.717, 1.165) is 27.1 Å². The summed E-state index contributed by atoms with van der Waals surface area (Å²) < 4.78 is 6.97. The Morgan fingerprint density at radius 3 is 2.70 bits per heavy atom. The van der Waals surface area contributed by atoms with Gasteiger partial charge in [-0.3, -0.25) is 19.1 Å². The summed E-state index contributed by atoms with van der Waals surface area (Å²) in [5.41, 5.74) is 3.82. The molecule has 3 aromatic heterocycles. The lowest BCUT2D eigenvalue weighted by Gasteiger charge is -2.12. The van der Waals surface area contributed by atoms with Gasteiger partial charge in [0, 0.05) is 46.5 Å². The second-order valence-corrected chi connectivity index (χ2v) is 8.33. The van der Waals surface area contributed by atoms with Gasteiger partial charge in [-0.2, -0.15) is 0 Å². The van der Waals surface area contributed by atoms with Crippen LogP contribution in [0.3, 0.4) is 0 Å². The number of carbonyl (C=O) groups excluding carboxylic acids is 3. The van der Waals surface area contributed by atoms with E-state index in [0.29, 0.717) is 29.3 Å². The summed E-state index contributed by atoms with van der Waals surface area (Å²) in [4.78, 5) is 42.8. The quantitative estimate of drug-likeness (QED) is 0.349. The van der Waals surface area contributed by atoms with Gasteiger partial charge < -0.3 is 14.8 Å². The molecule has 4 aromatic rings. The molecule has 1 saturated heterocycles.